The Bertz CT molecular complexity index is 726. The van der Waals surface area contributed by atoms with E-state index in [1.807, 2.05) is 38.2 Å². The molecule has 2 aliphatic heterocycles. The number of piperidine rings is 1. The summed E-state index contributed by atoms with van der Waals surface area (Å²) in [6.45, 7) is 4.07. The quantitative estimate of drug-likeness (QED) is 0.833. The third kappa shape index (κ3) is 4.15. The molecule has 6 nitrogen and oxygen atoms in total. The number of anilines is 1. The molecule has 1 aromatic carbocycles. The van der Waals surface area contributed by atoms with Crippen LogP contribution in [0.2, 0.25) is 0 Å². The predicted octanol–water partition coefficient (Wildman–Crippen LogP) is 1.54. The average molecular weight is 383 g/mol. The standard InChI is InChI=1S/C19H30N2O4S/c1-18(10-13-26(23,24)15-18)20(2)14-19(22)8-11-21(12-9-19)16-4-6-17(25-3)7-5-16/h4-7,22H,8-15H2,1-3H3/t18-/m1/s1. The summed E-state index contributed by atoms with van der Waals surface area (Å²) < 4.78 is 28.9. The summed E-state index contributed by atoms with van der Waals surface area (Å²) in [6, 6.07) is 7.98. The third-order valence-corrected chi connectivity index (χ3v) is 7.96. The van der Waals surface area contributed by atoms with Crippen LogP contribution < -0.4 is 9.64 Å². The van der Waals surface area contributed by atoms with Crippen molar-refractivity contribution in [1.29, 1.82) is 0 Å². The topological polar surface area (TPSA) is 70.1 Å². The predicted molar refractivity (Wildman–Crippen MR) is 104 cm³/mol. The fraction of sp³-hybridized carbons (Fsp3) is 0.684. The molecular formula is C19H30N2O4S. The molecule has 26 heavy (non-hydrogen) atoms. The van der Waals surface area contributed by atoms with Gasteiger partial charge in [-0.1, -0.05) is 0 Å². The number of β-amino-alcohol motifs (C(OH)–C–C–N with tert-alkyl or cyclic N) is 1. The van der Waals surface area contributed by atoms with Gasteiger partial charge in [-0.05, 0) is 57.5 Å². The molecule has 1 N–H and O–H groups in total. The molecule has 1 aromatic rings. The molecule has 0 amide bonds. The second kappa shape index (κ2) is 7.02. The average Bonchev–Trinajstić information content (AvgIpc) is 2.90. The summed E-state index contributed by atoms with van der Waals surface area (Å²) in [5.41, 5.74) is -0.00978. The number of rotatable bonds is 5. The maximum absolute atomic E-state index is 11.9. The number of nitrogens with zero attached hydrogens (tertiary/aromatic N) is 2. The summed E-state index contributed by atoms with van der Waals surface area (Å²) in [7, 11) is 0.643. The fourth-order valence-electron chi connectivity index (χ4n) is 4.06. The van der Waals surface area contributed by atoms with Crippen molar-refractivity contribution in [3.8, 4) is 5.75 Å². The first-order valence-corrected chi connectivity index (χ1v) is 11.0. The lowest BCUT2D eigenvalue weighted by atomic mass is 9.88. The Hall–Kier alpha value is -1.31. The highest BCUT2D eigenvalue weighted by molar-refractivity contribution is 7.91. The molecule has 2 fully saturated rings. The molecule has 2 saturated heterocycles. The van der Waals surface area contributed by atoms with E-state index in [-0.39, 0.29) is 17.0 Å². The maximum atomic E-state index is 11.9. The number of methoxy groups -OCH3 is 1. The minimum Gasteiger partial charge on any atom is -0.497 e. The van der Waals surface area contributed by atoms with E-state index in [2.05, 4.69) is 9.80 Å². The van der Waals surface area contributed by atoms with E-state index < -0.39 is 15.4 Å². The minimum absolute atomic E-state index is 0.185. The Balaban J connectivity index is 1.59. The Morgan fingerprint density at radius 2 is 1.81 bits per heavy atom. The Morgan fingerprint density at radius 3 is 2.31 bits per heavy atom. The zero-order valence-corrected chi connectivity index (χ0v) is 16.8. The molecule has 146 valence electrons. The van der Waals surface area contributed by atoms with E-state index in [4.69, 9.17) is 4.74 Å². The van der Waals surface area contributed by atoms with Crippen molar-refractivity contribution in [2.24, 2.45) is 0 Å². The van der Waals surface area contributed by atoms with Crippen molar-refractivity contribution in [3.63, 3.8) is 0 Å². The van der Waals surface area contributed by atoms with Gasteiger partial charge in [0.25, 0.3) is 0 Å². The van der Waals surface area contributed by atoms with E-state index in [9.17, 15) is 13.5 Å². The molecule has 1 atom stereocenters. The van der Waals surface area contributed by atoms with Crippen LogP contribution in [-0.2, 0) is 9.84 Å². The fourth-order valence-corrected chi connectivity index (χ4v) is 6.27. The van der Waals surface area contributed by atoms with Crippen LogP contribution in [0.3, 0.4) is 0 Å². The summed E-state index contributed by atoms with van der Waals surface area (Å²) in [6.07, 6.45) is 1.98. The lowest BCUT2D eigenvalue weighted by Gasteiger charge is -2.44. The van der Waals surface area contributed by atoms with Crippen molar-refractivity contribution < 1.29 is 18.3 Å². The molecule has 0 bridgehead atoms. The Morgan fingerprint density at radius 1 is 1.19 bits per heavy atom. The van der Waals surface area contributed by atoms with Crippen molar-refractivity contribution in [2.45, 2.75) is 37.3 Å². The normalized spacial score (nSPS) is 27.7. The van der Waals surface area contributed by atoms with E-state index >= 15 is 0 Å². The number of benzene rings is 1. The molecule has 3 rings (SSSR count). The molecule has 2 aliphatic rings. The number of likely N-dealkylation sites (N-methyl/N-ethyl adjacent to an activating group) is 1. The summed E-state index contributed by atoms with van der Waals surface area (Å²) in [4.78, 5) is 4.33. The third-order valence-electron chi connectivity index (χ3n) is 6.07. The van der Waals surface area contributed by atoms with Crippen LogP contribution in [0.1, 0.15) is 26.2 Å². The second-order valence-electron chi connectivity index (χ2n) is 8.10. The van der Waals surface area contributed by atoms with Crippen LogP contribution in [0, 0.1) is 0 Å². The molecular weight excluding hydrogens is 352 g/mol. The molecule has 0 aliphatic carbocycles. The lowest BCUT2D eigenvalue weighted by Crippen LogP contribution is -2.55. The van der Waals surface area contributed by atoms with Crippen molar-refractivity contribution in [3.05, 3.63) is 24.3 Å². The Labute approximate surface area is 156 Å². The molecule has 0 aromatic heterocycles. The second-order valence-corrected chi connectivity index (χ2v) is 10.3. The van der Waals surface area contributed by atoms with Gasteiger partial charge in [0.05, 0.1) is 24.2 Å². The van der Waals surface area contributed by atoms with Crippen molar-refractivity contribution >= 4 is 15.5 Å². The van der Waals surface area contributed by atoms with Gasteiger partial charge in [0, 0.05) is 30.9 Å². The first-order valence-electron chi connectivity index (χ1n) is 9.18. The number of hydrogen-bond donors (Lipinski definition) is 1. The van der Waals surface area contributed by atoms with Crippen LogP contribution in [0.5, 0.6) is 5.75 Å². The van der Waals surface area contributed by atoms with E-state index in [1.165, 1.54) is 0 Å². The van der Waals surface area contributed by atoms with Crippen LogP contribution in [-0.4, -0.2) is 74.9 Å². The number of sulfone groups is 1. The SMILES string of the molecule is COc1ccc(N2CCC(O)(CN(C)[C@]3(C)CCS(=O)(=O)C3)CC2)cc1. The smallest absolute Gasteiger partial charge is 0.152 e. The first kappa shape index (κ1) is 19.5. The van der Waals surface area contributed by atoms with Gasteiger partial charge in [0.1, 0.15) is 5.75 Å². The molecule has 0 saturated carbocycles. The summed E-state index contributed by atoms with van der Waals surface area (Å²) >= 11 is 0. The summed E-state index contributed by atoms with van der Waals surface area (Å²) in [5, 5.41) is 11.1. The minimum atomic E-state index is -2.95. The monoisotopic (exact) mass is 382 g/mol. The van der Waals surface area contributed by atoms with Gasteiger partial charge in [0.2, 0.25) is 0 Å². The largest absolute Gasteiger partial charge is 0.497 e. The van der Waals surface area contributed by atoms with Gasteiger partial charge >= 0.3 is 0 Å². The lowest BCUT2D eigenvalue weighted by molar-refractivity contribution is -0.0312. The van der Waals surface area contributed by atoms with Gasteiger partial charge in [-0.2, -0.15) is 0 Å². The van der Waals surface area contributed by atoms with E-state index in [0.29, 0.717) is 25.8 Å². The van der Waals surface area contributed by atoms with Gasteiger partial charge in [-0.25, -0.2) is 8.42 Å². The van der Waals surface area contributed by atoms with E-state index in [1.54, 1.807) is 7.11 Å². The van der Waals surface area contributed by atoms with Gasteiger partial charge in [-0.15, -0.1) is 0 Å². The molecule has 7 heteroatoms. The highest BCUT2D eigenvalue weighted by Gasteiger charge is 2.44. The zero-order valence-electron chi connectivity index (χ0n) is 15.9. The van der Waals surface area contributed by atoms with Crippen molar-refractivity contribution in [2.75, 3.05) is 50.2 Å². The number of hydrogen-bond acceptors (Lipinski definition) is 6. The van der Waals surface area contributed by atoms with Gasteiger partial charge in [-0.3, -0.25) is 4.90 Å². The molecule has 0 spiro atoms. The number of aliphatic hydroxyl groups is 1. The van der Waals surface area contributed by atoms with Crippen LogP contribution in [0.4, 0.5) is 5.69 Å². The van der Waals surface area contributed by atoms with Crippen molar-refractivity contribution in [1.82, 2.24) is 4.90 Å². The first-order chi connectivity index (χ1) is 12.1. The van der Waals surface area contributed by atoms with Crippen LogP contribution in [0.15, 0.2) is 24.3 Å². The highest BCUT2D eigenvalue weighted by Crippen LogP contribution is 2.33. The van der Waals surface area contributed by atoms with Crippen LogP contribution in [0.25, 0.3) is 0 Å². The number of ether oxygens (including phenoxy) is 1. The zero-order chi connectivity index (χ0) is 19.0. The van der Waals surface area contributed by atoms with Crippen LogP contribution >= 0.6 is 0 Å². The maximum Gasteiger partial charge on any atom is 0.152 e. The summed E-state index contributed by atoms with van der Waals surface area (Å²) in [5.74, 6) is 1.27. The van der Waals surface area contributed by atoms with E-state index in [0.717, 1.165) is 24.5 Å². The highest BCUT2D eigenvalue weighted by atomic mass is 32.2. The molecule has 0 radical (unpaired) electrons. The Kier molecular flexibility index (Phi) is 5.25. The molecule has 0 unspecified atom stereocenters. The molecule has 2 heterocycles. The van der Waals surface area contributed by atoms with Gasteiger partial charge < -0.3 is 14.7 Å². The van der Waals surface area contributed by atoms with Gasteiger partial charge in [0.15, 0.2) is 9.84 Å².